The predicted octanol–water partition coefficient (Wildman–Crippen LogP) is 2.62. The Balaban J connectivity index is 1.88. The summed E-state index contributed by atoms with van der Waals surface area (Å²) in [4.78, 5) is 23.9. The Morgan fingerprint density at radius 3 is 2.30 bits per heavy atom. The van der Waals surface area contributed by atoms with Gasteiger partial charge >= 0.3 is 12.3 Å². The van der Waals surface area contributed by atoms with E-state index in [0.717, 1.165) is 11.3 Å². The number of alkyl halides is 3. The van der Waals surface area contributed by atoms with Gasteiger partial charge in [-0.2, -0.15) is 13.2 Å². The number of ketones is 1. The van der Waals surface area contributed by atoms with E-state index in [0.29, 0.717) is 0 Å². The number of nitrogens with zero attached hydrogens (tertiary/aromatic N) is 1. The van der Waals surface area contributed by atoms with Gasteiger partial charge in [0.15, 0.2) is 5.78 Å². The van der Waals surface area contributed by atoms with E-state index >= 15 is 0 Å². The van der Waals surface area contributed by atoms with E-state index in [-0.39, 0.29) is 17.4 Å². The molecule has 1 saturated heterocycles. The fraction of sp³-hybridized carbons (Fsp3) is 0.846. The first-order valence-electron chi connectivity index (χ1n) is 6.55. The minimum absolute atomic E-state index is 0.000278. The summed E-state index contributed by atoms with van der Waals surface area (Å²) in [5.74, 6) is -2.83. The lowest BCUT2D eigenvalue weighted by Crippen LogP contribution is -2.33. The second kappa shape index (κ2) is 4.63. The lowest BCUT2D eigenvalue weighted by atomic mass is 9.90. The molecule has 0 spiro atoms. The fourth-order valence-corrected chi connectivity index (χ4v) is 2.53. The molecule has 1 aliphatic heterocycles. The summed E-state index contributed by atoms with van der Waals surface area (Å²) in [5.41, 5.74) is 0.000278. The molecule has 7 heteroatoms. The van der Waals surface area contributed by atoms with Crippen LogP contribution in [0.25, 0.3) is 0 Å². The number of Topliss-reactive ketones (excluding diaryl/α,β-unsaturated/α-hetero) is 1. The minimum Gasteiger partial charge on any atom is -0.446 e. The van der Waals surface area contributed by atoms with Gasteiger partial charge in [0.1, 0.15) is 12.0 Å². The van der Waals surface area contributed by atoms with Gasteiger partial charge in [0, 0.05) is 12.5 Å². The Morgan fingerprint density at radius 1 is 1.30 bits per heavy atom. The Labute approximate surface area is 115 Å². The zero-order valence-corrected chi connectivity index (χ0v) is 11.7. The van der Waals surface area contributed by atoms with Crippen molar-refractivity contribution in [3.8, 4) is 0 Å². The van der Waals surface area contributed by atoms with Crippen molar-refractivity contribution in [3.63, 3.8) is 0 Å². The number of likely N-dealkylation sites (tertiary alicyclic amines) is 1. The summed E-state index contributed by atoms with van der Waals surface area (Å²) in [6.45, 7) is 4.91. The highest BCUT2D eigenvalue weighted by Gasteiger charge is 2.52. The third kappa shape index (κ3) is 3.07. The van der Waals surface area contributed by atoms with Crippen molar-refractivity contribution in [2.24, 2.45) is 17.3 Å². The molecule has 2 rings (SSSR count). The number of carbonyl (C=O) groups excluding carboxylic acids is 2. The van der Waals surface area contributed by atoms with Crippen LogP contribution in [-0.2, 0) is 9.53 Å². The molecule has 1 saturated carbocycles. The second-order valence-corrected chi connectivity index (χ2v) is 6.57. The van der Waals surface area contributed by atoms with Gasteiger partial charge in [-0.05, 0) is 11.8 Å². The monoisotopic (exact) mass is 293 g/mol. The van der Waals surface area contributed by atoms with Crippen molar-refractivity contribution in [1.82, 2.24) is 4.90 Å². The molecule has 0 aromatic carbocycles. The van der Waals surface area contributed by atoms with Gasteiger partial charge in [0.05, 0.1) is 6.54 Å². The summed E-state index contributed by atoms with van der Waals surface area (Å²) in [7, 11) is 0. The molecule has 1 amide bonds. The van der Waals surface area contributed by atoms with E-state index in [1.807, 2.05) is 20.8 Å². The first-order chi connectivity index (χ1) is 9.00. The zero-order valence-electron chi connectivity index (χ0n) is 11.7. The number of hydrogen-bond donors (Lipinski definition) is 0. The van der Waals surface area contributed by atoms with Crippen molar-refractivity contribution in [2.45, 2.75) is 39.5 Å². The number of ether oxygens (including phenoxy) is 1. The summed E-state index contributed by atoms with van der Waals surface area (Å²) >= 11 is 0. The van der Waals surface area contributed by atoms with E-state index in [1.165, 1.54) is 0 Å². The van der Waals surface area contributed by atoms with Crippen LogP contribution < -0.4 is 0 Å². The second-order valence-electron chi connectivity index (χ2n) is 6.57. The van der Waals surface area contributed by atoms with Gasteiger partial charge in [-0.25, -0.2) is 4.79 Å². The van der Waals surface area contributed by atoms with Crippen molar-refractivity contribution >= 4 is 11.9 Å². The standard InChI is InChI=1S/C13H18F3NO3/c1-12(2,3)7-4-10(7)20-11(19)17-5-8(9(18)6-17)13(14,15)16/h7-8,10H,4-6H2,1-3H3. The van der Waals surface area contributed by atoms with Gasteiger partial charge in [-0.15, -0.1) is 0 Å². The lowest BCUT2D eigenvalue weighted by molar-refractivity contribution is -0.175. The molecule has 1 aliphatic carbocycles. The van der Waals surface area contributed by atoms with Crippen molar-refractivity contribution in [3.05, 3.63) is 0 Å². The minimum atomic E-state index is -4.60. The number of carbonyl (C=O) groups is 2. The maximum Gasteiger partial charge on any atom is 0.410 e. The average molecular weight is 293 g/mol. The van der Waals surface area contributed by atoms with Gasteiger partial charge < -0.3 is 4.74 Å². The molecular formula is C13H18F3NO3. The van der Waals surface area contributed by atoms with Gasteiger partial charge in [0.25, 0.3) is 0 Å². The SMILES string of the molecule is CC(C)(C)C1CC1OC(=O)N1CC(=O)C(C(F)(F)F)C1. The van der Waals surface area contributed by atoms with Crippen LogP contribution in [-0.4, -0.2) is 42.1 Å². The Bertz CT molecular complexity index is 428. The van der Waals surface area contributed by atoms with Crippen LogP contribution in [0.4, 0.5) is 18.0 Å². The number of amides is 1. The maximum absolute atomic E-state index is 12.5. The quantitative estimate of drug-likeness (QED) is 0.746. The van der Waals surface area contributed by atoms with Crippen LogP contribution in [0.5, 0.6) is 0 Å². The lowest BCUT2D eigenvalue weighted by Gasteiger charge is -2.20. The molecule has 3 unspecified atom stereocenters. The highest BCUT2D eigenvalue weighted by Crippen LogP contribution is 2.47. The molecule has 2 aliphatic rings. The van der Waals surface area contributed by atoms with Crippen LogP contribution >= 0.6 is 0 Å². The van der Waals surface area contributed by atoms with Crippen molar-refractivity contribution < 1.29 is 27.5 Å². The number of hydrogen-bond acceptors (Lipinski definition) is 3. The van der Waals surface area contributed by atoms with E-state index in [2.05, 4.69) is 0 Å². The molecule has 20 heavy (non-hydrogen) atoms. The molecule has 4 nitrogen and oxygen atoms in total. The van der Waals surface area contributed by atoms with E-state index in [1.54, 1.807) is 0 Å². The highest BCUT2D eigenvalue weighted by atomic mass is 19.4. The normalized spacial score (nSPS) is 30.6. The molecular weight excluding hydrogens is 275 g/mol. The van der Waals surface area contributed by atoms with E-state index in [4.69, 9.17) is 4.74 Å². The van der Waals surface area contributed by atoms with Gasteiger partial charge in [-0.1, -0.05) is 20.8 Å². The third-order valence-corrected chi connectivity index (χ3v) is 3.89. The molecule has 0 radical (unpaired) electrons. The van der Waals surface area contributed by atoms with Crippen LogP contribution in [0.2, 0.25) is 0 Å². The molecule has 0 N–H and O–H groups in total. The van der Waals surface area contributed by atoms with E-state index in [9.17, 15) is 22.8 Å². The molecule has 3 atom stereocenters. The first kappa shape index (κ1) is 15.1. The summed E-state index contributed by atoms with van der Waals surface area (Å²) in [5, 5.41) is 0. The summed E-state index contributed by atoms with van der Waals surface area (Å²) < 4.78 is 42.8. The van der Waals surface area contributed by atoms with Crippen molar-refractivity contribution in [1.29, 1.82) is 0 Å². The molecule has 0 bridgehead atoms. The number of halogens is 3. The predicted molar refractivity (Wildman–Crippen MR) is 64.0 cm³/mol. The molecule has 0 aromatic rings. The summed E-state index contributed by atoms with van der Waals surface area (Å²) in [6.07, 6.45) is -4.94. The zero-order chi connectivity index (χ0) is 15.3. The van der Waals surface area contributed by atoms with Crippen molar-refractivity contribution in [2.75, 3.05) is 13.1 Å². The smallest absolute Gasteiger partial charge is 0.410 e. The Hall–Kier alpha value is -1.27. The first-order valence-corrected chi connectivity index (χ1v) is 6.55. The fourth-order valence-electron chi connectivity index (χ4n) is 2.53. The summed E-state index contributed by atoms with van der Waals surface area (Å²) in [6, 6.07) is 0. The maximum atomic E-state index is 12.5. The topological polar surface area (TPSA) is 46.6 Å². The highest BCUT2D eigenvalue weighted by molar-refractivity contribution is 5.90. The van der Waals surface area contributed by atoms with E-state index < -0.39 is 37.1 Å². The van der Waals surface area contributed by atoms with Crippen LogP contribution in [0.1, 0.15) is 27.2 Å². The van der Waals surface area contributed by atoms with Crippen LogP contribution in [0.15, 0.2) is 0 Å². The largest absolute Gasteiger partial charge is 0.446 e. The molecule has 0 aromatic heterocycles. The number of rotatable bonds is 1. The molecule has 114 valence electrons. The molecule has 2 fully saturated rings. The average Bonchev–Trinajstić information content (AvgIpc) is 2.90. The Morgan fingerprint density at radius 2 is 1.90 bits per heavy atom. The van der Waals surface area contributed by atoms with Crippen LogP contribution in [0, 0.1) is 17.3 Å². The molecule has 1 heterocycles. The van der Waals surface area contributed by atoms with Crippen LogP contribution in [0.3, 0.4) is 0 Å². The third-order valence-electron chi connectivity index (χ3n) is 3.89. The van der Waals surface area contributed by atoms with Gasteiger partial charge in [0.2, 0.25) is 0 Å². The Kier molecular flexibility index (Phi) is 3.50. The van der Waals surface area contributed by atoms with Gasteiger partial charge in [-0.3, -0.25) is 9.69 Å².